The van der Waals surface area contributed by atoms with E-state index in [0.29, 0.717) is 18.4 Å². The lowest BCUT2D eigenvalue weighted by Crippen LogP contribution is -2.53. The van der Waals surface area contributed by atoms with E-state index in [1.54, 1.807) is 12.2 Å². The number of carbonyl (C=O) groups is 1. The van der Waals surface area contributed by atoms with Crippen LogP contribution in [0.15, 0.2) is 35.5 Å². The first-order valence-corrected chi connectivity index (χ1v) is 9.35. The first kappa shape index (κ1) is 20.9. The zero-order valence-corrected chi connectivity index (χ0v) is 16.7. The van der Waals surface area contributed by atoms with Gasteiger partial charge in [0.1, 0.15) is 5.60 Å². The minimum Gasteiger partial charge on any atom is -0.478 e. The lowest BCUT2D eigenvalue weighted by atomic mass is 9.63. The van der Waals surface area contributed by atoms with Crippen LogP contribution in [0.4, 0.5) is 0 Å². The Morgan fingerprint density at radius 2 is 1.88 bits per heavy atom. The second-order valence-corrected chi connectivity index (χ2v) is 8.25. The maximum Gasteiger partial charge on any atom is 0.328 e. The fraction of sp³-hybridized carbons (Fsp3) is 0.667. The zero-order chi connectivity index (χ0) is 19.8. The van der Waals surface area contributed by atoms with E-state index in [1.165, 1.54) is 6.08 Å². The van der Waals surface area contributed by atoms with Crippen molar-refractivity contribution < 1.29 is 24.5 Å². The average Bonchev–Trinajstić information content (AvgIpc) is 2.75. The molecule has 1 heterocycles. The van der Waals surface area contributed by atoms with Gasteiger partial charge in [-0.05, 0) is 50.5 Å². The van der Waals surface area contributed by atoms with Crippen LogP contribution in [0.5, 0.6) is 0 Å². The van der Waals surface area contributed by atoms with E-state index in [0.717, 1.165) is 12.0 Å². The van der Waals surface area contributed by atoms with Gasteiger partial charge in [-0.1, -0.05) is 33.3 Å². The third kappa shape index (κ3) is 3.95. The first-order chi connectivity index (χ1) is 11.9. The molecule has 26 heavy (non-hydrogen) atoms. The number of aliphatic hydroxyl groups is 1. The molecule has 0 saturated carbocycles. The SMILES string of the molecule is CCCC(C=CC1(O)C(C)=CC2(CC1(C)C)OC(C)C(C)O2)=CC(=O)O. The van der Waals surface area contributed by atoms with Crippen LogP contribution in [0.1, 0.15) is 60.8 Å². The van der Waals surface area contributed by atoms with Gasteiger partial charge in [-0.2, -0.15) is 0 Å². The van der Waals surface area contributed by atoms with Gasteiger partial charge in [0.05, 0.1) is 12.2 Å². The van der Waals surface area contributed by atoms with Crippen molar-refractivity contribution in [2.75, 3.05) is 0 Å². The molecule has 2 rings (SSSR count). The van der Waals surface area contributed by atoms with E-state index in [-0.39, 0.29) is 12.2 Å². The monoisotopic (exact) mass is 364 g/mol. The molecule has 0 aromatic heterocycles. The summed E-state index contributed by atoms with van der Waals surface area (Å²) in [5, 5.41) is 20.5. The molecule has 1 aliphatic carbocycles. The quantitative estimate of drug-likeness (QED) is 0.438. The van der Waals surface area contributed by atoms with E-state index < -0.39 is 22.8 Å². The summed E-state index contributed by atoms with van der Waals surface area (Å²) >= 11 is 0. The zero-order valence-electron chi connectivity index (χ0n) is 16.7. The van der Waals surface area contributed by atoms with Crippen LogP contribution in [0, 0.1) is 5.41 Å². The molecule has 5 nitrogen and oxygen atoms in total. The fourth-order valence-electron chi connectivity index (χ4n) is 4.01. The minimum absolute atomic E-state index is 0.00811. The molecule has 0 bridgehead atoms. The summed E-state index contributed by atoms with van der Waals surface area (Å²) < 4.78 is 12.2. The lowest BCUT2D eigenvalue weighted by molar-refractivity contribution is -0.183. The third-order valence-corrected chi connectivity index (χ3v) is 5.58. The van der Waals surface area contributed by atoms with Crippen LogP contribution >= 0.6 is 0 Å². The van der Waals surface area contributed by atoms with E-state index in [9.17, 15) is 9.90 Å². The standard InChI is InChI=1S/C21H32O5/c1-7-8-17(11-18(22)23)9-10-21(24)14(2)12-20(13-19(21,5)6)25-15(3)16(4)26-20/h9-12,15-16,24H,7-8,13H2,1-6H3,(H,22,23). The third-order valence-electron chi connectivity index (χ3n) is 5.58. The van der Waals surface area contributed by atoms with Crippen molar-refractivity contribution in [1.29, 1.82) is 0 Å². The summed E-state index contributed by atoms with van der Waals surface area (Å²) in [4.78, 5) is 11.0. The Morgan fingerprint density at radius 3 is 2.35 bits per heavy atom. The van der Waals surface area contributed by atoms with E-state index >= 15 is 0 Å². The van der Waals surface area contributed by atoms with Crippen LogP contribution < -0.4 is 0 Å². The summed E-state index contributed by atoms with van der Waals surface area (Å²) in [5.74, 6) is -1.79. The predicted molar refractivity (Wildman–Crippen MR) is 101 cm³/mol. The van der Waals surface area contributed by atoms with Gasteiger partial charge in [0, 0.05) is 17.9 Å². The molecule has 146 valence electrons. The Kier molecular flexibility index (Phi) is 5.86. The normalized spacial score (nSPS) is 37.3. The van der Waals surface area contributed by atoms with Gasteiger partial charge in [-0.3, -0.25) is 0 Å². The van der Waals surface area contributed by atoms with Crippen molar-refractivity contribution in [2.45, 2.75) is 84.4 Å². The molecule has 0 radical (unpaired) electrons. The fourth-order valence-corrected chi connectivity index (χ4v) is 4.01. The second kappa shape index (κ2) is 7.29. The maximum atomic E-state index is 11.5. The molecule has 0 amide bonds. The summed E-state index contributed by atoms with van der Waals surface area (Å²) in [5.41, 5.74) is -0.316. The van der Waals surface area contributed by atoms with Gasteiger partial charge in [-0.25, -0.2) is 4.79 Å². The predicted octanol–water partition coefficient (Wildman–Crippen LogP) is 3.98. The van der Waals surface area contributed by atoms with Crippen LogP contribution in [0.3, 0.4) is 0 Å². The largest absolute Gasteiger partial charge is 0.478 e. The Morgan fingerprint density at radius 1 is 1.31 bits per heavy atom. The number of allylic oxidation sites excluding steroid dienone is 2. The summed E-state index contributed by atoms with van der Waals surface area (Å²) in [6, 6.07) is 0. The van der Waals surface area contributed by atoms with Gasteiger partial charge in [-0.15, -0.1) is 0 Å². The second-order valence-electron chi connectivity index (χ2n) is 8.25. The van der Waals surface area contributed by atoms with Crippen molar-refractivity contribution in [3.05, 3.63) is 35.5 Å². The molecule has 1 spiro atoms. The number of aliphatic carboxylic acids is 1. The number of ether oxygens (including phenoxy) is 2. The number of carboxylic acids is 1. The molecule has 1 fully saturated rings. The highest BCUT2D eigenvalue weighted by Gasteiger charge is 2.56. The molecule has 3 atom stereocenters. The van der Waals surface area contributed by atoms with Crippen LogP contribution in [0.25, 0.3) is 0 Å². The van der Waals surface area contributed by atoms with E-state index in [4.69, 9.17) is 14.6 Å². The summed E-state index contributed by atoms with van der Waals surface area (Å²) in [7, 11) is 0. The molecule has 2 aliphatic rings. The molecule has 0 aromatic rings. The Labute approximate surface area is 156 Å². The van der Waals surface area contributed by atoms with E-state index in [1.807, 2.05) is 47.6 Å². The van der Waals surface area contributed by atoms with E-state index in [2.05, 4.69) is 0 Å². The minimum atomic E-state index is -1.20. The van der Waals surface area contributed by atoms with Gasteiger partial charge in [0.15, 0.2) is 5.79 Å². The summed E-state index contributed by atoms with van der Waals surface area (Å²) in [6.07, 6.45) is 8.51. The number of hydrogen-bond donors (Lipinski definition) is 2. The van der Waals surface area contributed by atoms with Crippen molar-refractivity contribution in [3.63, 3.8) is 0 Å². The highest BCUT2D eigenvalue weighted by molar-refractivity contribution is 5.81. The molecular formula is C21H32O5. The lowest BCUT2D eigenvalue weighted by Gasteiger charge is -2.49. The van der Waals surface area contributed by atoms with Crippen LogP contribution in [-0.2, 0) is 14.3 Å². The topological polar surface area (TPSA) is 76.0 Å². The summed E-state index contributed by atoms with van der Waals surface area (Å²) in [6.45, 7) is 11.8. The van der Waals surface area contributed by atoms with Crippen LogP contribution in [0.2, 0.25) is 0 Å². The Balaban J connectivity index is 2.38. The number of carboxylic acid groups (broad SMARTS) is 1. The highest BCUT2D eigenvalue weighted by atomic mass is 16.8. The molecule has 1 saturated heterocycles. The average molecular weight is 364 g/mol. The molecule has 2 N–H and O–H groups in total. The molecular weight excluding hydrogens is 332 g/mol. The molecule has 3 unspecified atom stereocenters. The van der Waals surface area contributed by atoms with Crippen molar-refractivity contribution in [1.82, 2.24) is 0 Å². The smallest absolute Gasteiger partial charge is 0.328 e. The molecule has 0 aromatic carbocycles. The van der Waals surface area contributed by atoms with Gasteiger partial charge < -0.3 is 19.7 Å². The Hall–Kier alpha value is -1.43. The van der Waals surface area contributed by atoms with Gasteiger partial charge >= 0.3 is 5.97 Å². The Bertz CT molecular complexity index is 633. The van der Waals surface area contributed by atoms with Gasteiger partial charge in [0.25, 0.3) is 0 Å². The number of rotatable bonds is 5. The highest BCUT2D eigenvalue weighted by Crippen LogP contribution is 2.52. The van der Waals surface area contributed by atoms with Gasteiger partial charge in [0.2, 0.25) is 0 Å². The van der Waals surface area contributed by atoms with Crippen LogP contribution in [-0.4, -0.2) is 39.8 Å². The molecule has 1 aliphatic heterocycles. The number of hydrogen-bond acceptors (Lipinski definition) is 4. The van der Waals surface area contributed by atoms with Crippen molar-refractivity contribution in [2.24, 2.45) is 5.41 Å². The first-order valence-electron chi connectivity index (χ1n) is 9.35. The maximum absolute atomic E-state index is 11.5. The van der Waals surface area contributed by atoms with Crippen molar-refractivity contribution >= 4 is 5.97 Å². The van der Waals surface area contributed by atoms with Crippen molar-refractivity contribution in [3.8, 4) is 0 Å². The molecule has 5 heteroatoms.